The van der Waals surface area contributed by atoms with Crippen LogP contribution in [-0.2, 0) is 9.47 Å². The molecule has 44 heavy (non-hydrogen) atoms. The third kappa shape index (κ3) is 8.17. The maximum absolute atomic E-state index is 14.3. The van der Waals surface area contributed by atoms with Gasteiger partial charge in [0.1, 0.15) is 29.1 Å². The average molecular weight is 646 g/mol. The smallest absolute Gasteiger partial charge is 0.410 e. The molecule has 0 aromatic carbocycles. The number of hydrogen-bond acceptors (Lipinski definition) is 9. The maximum atomic E-state index is 14.3. The van der Waals surface area contributed by atoms with Gasteiger partial charge in [-0.1, -0.05) is 6.92 Å². The summed E-state index contributed by atoms with van der Waals surface area (Å²) in [6.45, 7) is 11.1. The van der Waals surface area contributed by atoms with E-state index in [2.05, 4.69) is 17.0 Å². The summed E-state index contributed by atoms with van der Waals surface area (Å²) in [5.41, 5.74) is 0.564. The van der Waals surface area contributed by atoms with E-state index in [0.29, 0.717) is 38.8 Å². The molecule has 248 valence electrons. The molecule has 0 radical (unpaired) electrons. The van der Waals surface area contributed by atoms with Crippen LogP contribution in [0.2, 0.25) is 0 Å². The number of hydrogen-bond donors (Lipinski definition) is 2. The topological polar surface area (TPSA) is 113 Å². The van der Waals surface area contributed by atoms with Gasteiger partial charge >= 0.3 is 12.3 Å². The van der Waals surface area contributed by atoms with Crippen molar-refractivity contribution in [3.8, 4) is 0 Å². The van der Waals surface area contributed by atoms with Gasteiger partial charge in [0.2, 0.25) is 0 Å². The van der Waals surface area contributed by atoms with Crippen molar-refractivity contribution in [3.05, 3.63) is 24.2 Å². The first-order valence-corrected chi connectivity index (χ1v) is 16.3. The molecule has 4 atom stereocenters. The third-order valence-electron chi connectivity index (χ3n) is 8.50. The van der Waals surface area contributed by atoms with E-state index in [-0.39, 0.29) is 31.1 Å². The number of rotatable bonds is 4. The Morgan fingerprint density at radius 3 is 2.34 bits per heavy atom. The number of carbonyl (C=O) groups is 1. The summed E-state index contributed by atoms with van der Waals surface area (Å²) in [5.74, 6) is -1.42. The third-order valence-corrected chi connectivity index (χ3v) is 9.20. The molecular formula is C30H46F3N5O5S. The number of nitrogens with zero attached hydrogens (tertiary/aromatic N) is 5. The van der Waals surface area contributed by atoms with Crippen molar-refractivity contribution in [2.45, 2.75) is 120 Å². The van der Waals surface area contributed by atoms with E-state index in [4.69, 9.17) is 19.7 Å². The fourth-order valence-corrected chi connectivity index (χ4v) is 7.01. The second kappa shape index (κ2) is 12.9. The van der Waals surface area contributed by atoms with Crippen LogP contribution in [0.5, 0.6) is 0 Å². The first kappa shape index (κ1) is 34.7. The Hall–Kier alpha value is -2.13. The van der Waals surface area contributed by atoms with Gasteiger partial charge in [-0.2, -0.15) is 18.3 Å². The predicted octanol–water partition coefficient (Wildman–Crippen LogP) is 5.42. The highest BCUT2D eigenvalue weighted by Crippen LogP contribution is 2.48. The number of ether oxygens (including phenoxy) is 2. The van der Waals surface area contributed by atoms with Gasteiger partial charge in [-0.05, 0) is 91.0 Å². The zero-order valence-electron chi connectivity index (χ0n) is 26.6. The predicted molar refractivity (Wildman–Crippen MR) is 160 cm³/mol. The lowest BCUT2D eigenvalue weighted by Crippen LogP contribution is -2.59. The van der Waals surface area contributed by atoms with Crippen LogP contribution in [0.15, 0.2) is 23.5 Å². The Balaban J connectivity index is 0.000000818. The summed E-state index contributed by atoms with van der Waals surface area (Å²) >= 11 is 1.54. The summed E-state index contributed by atoms with van der Waals surface area (Å²) in [5, 5.41) is 21.4. The fourth-order valence-electron chi connectivity index (χ4n) is 6.50. The number of likely N-dealkylation sites (tertiary alicyclic amines) is 2. The Morgan fingerprint density at radius 1 is 1.14 bits per heavy atom. The SMILES string of the molecule is CC(C)(O)O.CSc1ncnn2c([C@H]3CC(C)[C@@H](CN4C(C(F)(F)F)CCC45CCN(C(=O)OC(C)(C)C)CC5)O3)ccc12. The van der Waals surface area contributed by atoms with Gasteiger partial charge < -0.3 is 24.6 Å². The minimum Gasteiger partial charge on any atom is -0.444 e. The molecule has 3 aliphatic heterocycles. The van der Waals surface area contributed by atoms with Gasteiger partial charge in [-0.25, -0.2) is 14.3 Å². The van der Waals surface area contributed by atoms with Crippen LogP contribution in [0.3, 0.4) is 0 Å². The normalized spacial score (nSPS) is 26.2. The molecule has 2 aromatic rings. The number of thioether (sulfide) groups is 1. The Morgan fingerprint density at radius 2 is 1.77 bits per heavy atom. The lowest BCUT2D eigenvalue weighted by Gasteiger charge is -2.47. The number of alkyl halides is 3. The van der Waals surface area contributed by atoms with Crippen LogP contribution in [-0.4, -0.2) is 102 Å². The van der Waals surface area contributed by atoms with E-state index in [1.54, 1.807) is 9.80 Å². The van der Waals surface area contributed by atoms with Crippen LogP contribution in [0.4, 0.5) is 18.0 Å². The molecule has 14 heteroatoms. The van der Waals surface area contributed by atoms with Crippen molar-refractivity contribution < 1.29 is 37.7 Å². The van der Waals surface area contributed by atoms with Crippen LogP contribution in [0.25, 0.3) is 5.52 Å². The lowest BCUT2D eigenvalue weighted by molar-refractivity contribution is -0.192. The van der Waals surface area contributed by atoms with Gasteiger partial charge in [0.15, 0.2) is 5.79 Å². The Kier molecular flexibility index (Phi) is 10.2. The summed E-state index contributed by atoms with van der Waals surface area (Å²) in [6, 6.07) is 2.44. The van der Waals surface area contributed by atoms with Gasteiger partial charge in [-0.15, -0.1) is 11.8 Å². The molecule has 3 saturated heterocycles. The molecule has 5 heterocycles. The standard InChI is InChI=1S/C27H38F3N5O3S.C3H8O2/c1-17-14-20(18-6-7-19-23(39-5)31-16-32-35(18)19)37-21(17)15-34-22(27(28,29)30)8-9-26(34)10-12-33(13-11-26)24(36)38-25(2,3)4;1-3(2,4)5/h6-7,16-17,20-22H,8-15H2,1-5H3;4-5H,1-2H3/t17?,20-,21-,22?;/m1./s1. The average Bonchev–Trinajstić information content (AvgIpc) is 3.58. The Bertz CT molecular complexity index is 1280. The number of halogens is 3. The number of aromatic nitrogens is 3. The van der Waals surface area contributed by atoms with Crippen molar-refractivity contribution in [2.24, 2.45) is 5.92 Å². The largest absolute Gasteiger partial charge is 0.444 e. The van der Waals surface area contributed by atoms with E-state index in [9.17, 15) is 18.0 Å². The molecule has 2 aromatic heterocycles. The van der Waals surface area contributed by atoms with Crippen LogP contribution in [0.1, 0.15) is 85.4 Å². The summed E-state index contributed by atoms with van der Waals surface area (Å²) in [4.78, 5) is 20.2. The molecule has 10 nitrogen and oxygen atoms in total. The zero-order chi connectivity index (χ0) is 32.7. The van der Waals surface area contributed by atoms with Crippen LogP contribution < -0.4 is 0 Å². The number of piperidine rings is 1. The molecule has 2 unspecified atom stereocenters. The number of carbonyl (C=O) groups excluding carboxylic acids is 1. The van der Waals surface area contributed by atoms with Gasteiger partial charge in [-0.3, -0.25) is 4.90 Å². The summed E-state index contributed by atoms with van der Waals surface area (Å²) in [6.07, 6.45) is 0.360. The molecule has 1 spiro atoms. The van der Waals surface area contributed by atoms with E-state index in [0.717, 1.165) is 16.2 Å². The fraction of sp³-hybridized carbons (Fsp3) is 0.767. The van der Waals surface area contributed by atoms with Crippen molar-refractivity contribution in [1.29, 1.82) is 0 Å². The van der Waals surface area contributed by atoms with Crippen molar-refractivity contribution >= 4 is 23.4 Å². The van der Waals surface area contributed by atoms with Crippen LogP contribution >= 0.6 is 11.8 Å². The minimum atomic E-state index is -4.32. The number of amides is 1. The second-order valence-corrected chi connectivity index (χ2v) is 14.4. The van der Waals surface area contributed by atoms with Crippen molar-refractivity contribution in [1.82, 2.24) is 24.4 Å². The molecular weight excluding hydrogens is 599 g/mol. The molecule has 1 amide bonds. The molecule has 0 saturated carbocycles. The van der Waals surface area contributed by atoms with Crippen molar-refractivity contribution in [2.75, 3.05) is 25.9 Å². The molecule has 0 aliphatic carbocycles. The lowest BCUT2D eigenvalue weighted by atomic mass is 9.84. The first-order chi connectivity index (χ1) is 20.3. The molecule has 5 rings (SSSR count). The molecule has 0 bridgehead atoms. The molecule has 3 aliphatic rings. The molecule has 2 N–H and O–H groups in total. The summed E-state index contributed by atoms with van der Waals surface area (Å²) < 4.78 is 56.6. The van der Waals surface area contributed by atoms with Gasteiger partial charge in [0, 0.05) is 25.2 Å². The van der Waals surface area contributed by atoms with E-state index < -0.39 is 35.2 Å². The van der Waals surface area contributed by atoms with E-state index in [1.807, 2.05) is 43.7 Å². The monoisotopic (exact) mass is 645 g/mol. The van der Waals surface area contributed by atoms with E-state index in [1.165, 1.54) is 31.9 Å². The minimum absolute atomic E-state index is 0.0676. The highest BCUT2D eigenvalue weighted by atomic mass is 32.2. The van der Waals surface area contributed by atoms with Gasteiger partial charge in [0.05, 0.1) is 17.3 Å². The van der Waals surface area contributed by atoms with Crippen LogP contribution in [0, 0.1) is 5.92 Å². The quantitative estimate of drug-likeness (QED) is 0.333. The highest BCUT2D eigenvalue weighted by molar-refractivity contribution is 7.98. The first-order valence-electron chi connectivity index (χ1n) is 15.1. The molecule has 3 fully saturated rings. The zero-order valence-corrected chi connectivity index (χ0v) is 27.4. The second-order valence-electron chi connectivity index (χ2n) is 13.6. The summed E-state index contributed by atoms with van der Waals surface area (Å²) in [7, 11) is 0. The Labute approximate surface area is 261 Å². The number of fused-ring (bicyclic) bond motifs is 1. The van der Waals surface area contributed by atoms with Gasteiger partial charge in [0.25, 0.3) is 0 Å². The van der Waals surface area contributed by atoms with E-state index >= 15 is 0 Å². The number of aliphatic hydroxyl groups is 2. The maximum Gasteiger partial charge on any atom is 0.410 e. The highest BCUT2D eigenvalue weighted by Gasteiger charge is 2.57. The van der Waals surface area contributed by atoms with Crippen molar-refractivity contribution in [3.63, 3.8) is 0 Å².